The van der Waals surface area contributed by atoms with E-state index >= 15 is 0 Å². The van der Waals surface area contributed by atoms with Crippen molar-refractivity contribution in [3.63, 3.8) is 0 Å². The summed E-state index contributed by atoms with van der Waals surface area (Å²) in [5, 5.41) is 0. The number of halogens is 3. The van der Waals surface area contributed by atoms with Gasteiger partial charge in [0.1, 0.15) is 0 Å². The van der Waals surface area contributed by atoms with Gasteiger partial charge in [-0.3, -0.25) is 9.36 Å². The second-order valence-electron chi connectivity index (χ2n) is 8.55. The minimum absolute atomic E-state index is 0.0413. The van der Waals surface area contributed by atoms with Gasteiger partial charge in [-0.25, -0.2) is 14.3 Å². The first kappa shape index (κ1) is 24.5. The number of hydrogen-bond donors (Lipinski definition) is 0. The van der Waals surface area contributed by atoms with E-state index in [0.717, 1.165) is 22.3 Å². The van der Waals surface area contributed by atoms with Crippen molar-refractivity contribution in [2.24, 2.45) is 0 Å². The summed E-state index contributed by atoms with van der Waals surface area (Å²) in [4.78, 5) is 31.0. The molecule has 7 nitrogen and oxygen atoms in total. The number of hydrogen-bond acceptors (Lipinski definition) is 4. The zero-order chi connectivity index (χ0) is 25.3. The largest absolute Gasteiger partial charge is 0.416 e. The van der Waals surface area contributed by atoms with Crippen molar-refractivity contribution >= 4 is 11.2 Å². The van der Waals surface area contributed by atoms with Crippen LogP contribution in [0.25, 0.3) is 16.9 Å². The second-order valence-corrected chi connectivity index (χ2v) is 8.55. The molecule has 10 heteroatoms. The zero-order valence-electron chi connectivity index (χ0n) is 19.5. The maximum absolute atomic E-state index is 13.3. The minimum atomic E-state index is -4.43. The zero-order valence-corrected chi connectivity index (χ0v) is 19.5. The molecule has 0 saturated carbocycles. The minimum Gasteiger partial charge on any atom is -0.383 e. The topological polar surface area (TPSA) is 71.1 Å². The maximum Gasteiger partial charge on any atom is 0.416 e. The van der Waals surface area contributed by atoms with E-state index in [1.807, 2.05) is 12.1 Å². The molecule has 0 aliphatic carbocycles. The van der Waals surface area contributed by atoms with Gasteiger partial charge in [-0.1, -0.05) is 38.1 Å². The summed E-state index contributed by atoms with van der Waals surface area (Å²) in [5.74, 6) is 0.305. The molecule has 0 N–H and O–H groups in total. The van der Waals surface area contributed by atoms with Crippen LogP contribution in [0.5, 0.6) is 0 Å². The van der Waals surface area contributed by atoms with E-state index < -0.39 is 23.0 Å². The van der Waals surface area contributed by atoms with Crippen molar-refractivity contribution in [2.75, 3.05) is 13.7 Å². The summed E-state index contributed by atoms with van der Waals surface area (Å²) >= 11 is 0. The van der Waals surface area contributed by atoms with E-state index in [-0.39, 0.29) is 30.9 Å². The van der Waals surface area contributed by atoms with Crippen LogP contribution >= 0.6 is 0 Å². The number of ether oxygens (including phenoxy) is 1. The number of fused-ring (bicyclic) bond motifs is 1. The summed E-state index contributed by atoms with van der Waals surface area (Å²) in [5.41, 5.74) is 0.718. The van der Waals surface area contributed by atoms with E-state index in [1.54, 1.807) is 16.7 Å². The Kier molecular flexibility index (Phi) is 6.66. The van der Waals surface area contributed by atoms with Crippen LogP contribution in [-0.2, 0) is 24.0 Å². The quantitative estimate of drug-likeness (QED) is 0.393. The number of rotatable bonds is 7. The second kappa shape index (κ2) is 9.53. The molecule has 35 heavy (non-hydrogen) atoms. The normalized spacial score (nSPS) is 12.1. The summed E-state index contributed by atoms with van der Waals surface area (Å²) in [6.45, 7) is 4.43. The van der Waals surface area contributed by atoms with E-state index in [9.17, 15) is 22.8 Å². The third-order valence-corrected chi connectivity index (χ3v) is 5.87. The molecule has 0 amide bonds. The van der Waals surface area contributed by atoms with Gasteiger partial charge in [-0.05, 0) is 41.3 Å². The van der Waals surface area contributed by atoms with Crippen LogP contribution in [0, 0.1) is 0 Å². The summed E-state index contributed by atoms with van der Waals surface area (Å²) in [7, 11) is 1.47. The highest BCUT2D eigenvalue weighted by Gasteiger charge is 2.30. The van der Waals surface area contributed by atoms with Gasteiger partial charge in [0.05, 0.1) is 30.7 Å². The predicted molar refractivity (Wildman–Crippen MR) is 126 cm³/mol. The number of nitrogens with zero attached hydrogens (tertiary/aromatic N) is 4. The molecule has 0 bridgehead atoms. The Labute approximate surface area is 199 Å². The van der Waals surface area contributed by atoms with Crippen molar-refractivity contribution in [2.45, 2.75) is 39.0 Å². The molecule has 4 rings (SSSR count). The molecule has 0 radical (unpaired) electrons. The first-order valence-electron chi connectivity index (χ1n) is 11.1. The Hall–Kier alpha value is -3.66. The molecular formula is C25H25F3N4O3. The highest BCUT2D eigenvalue weighted by atomic mass is 19.4. The SMILES string of the molecule is COCCn1c(=O)c2c(ncn2Cc2ccc(C(F)(F)F)cc2)n(-c2ccc(C(C)C)cc2)c1=O. The molecule has 184 valence electrons. The van der Waals surface area contributed by atoms with Gasteiger partial charge in [0.15, 0.2) is 11.2 Å². The average Bonchev–Trinajstić information content (AvgIpc) is 3.22. The Balaban J connectivity index is 1.86. The number of methoxy groups -OCH3 is 1. The fourth-order valence-corrected chi connectivity index (χ4v) is 3.92. The lowest BCUT2D eigenvalue weighted by Crippen LogP contribution is -2.41. The smallest absolute Gasteiger partial charge is 0.383 e. The van der Waals surface area contributed by atoms with Crippen molar-refractivity contribution in [1.82, 2.24) is 18.7 Å². The molecule has 2 aromatic carbocycles. The Morgan fingerprint density at radius 3 is 2.23 bits per heavy atom. The molecular weight excluding hydrogens is 461 g/mol. The third-order valence-electron chi connectivity index (χ3n) is 5.87. The van der Waals surface area contributed by atoms with Gasteiger partial charge < -0.3 is 9.30 Å². The molecule has 0 unspecified atom stereocenters. The van der Waals surface area contributed by atoms with Gasteiger partial charge in [0.25, 0.3) is 5.56 Å². The van der Waals surface area contributed by atoms with E-state index in [4.69, 9.17) is 4.74 Å². The molecule has 2 aromatic heterocycles. The van der Waals surface area contributed by atoms with Crippen LogP contribution in [-0.4, -0.2) is 32.4 Å². The van der Waals surface area contributed by atoms with Crippen LogP contribution in [0.4, 0.5) is 13.2 Å². The first-order chi connectivity index (χ1) is 16.6. The van der Waals surface area contributed by atoms with Gasteiger partial charge >= 0.3 is 11.9 Å². The predicted octanol–water partition coefficient (Wildman–Crippen LogP) is 4.19. The maximum atomic E-state index is 13.3. The lowest BCUT2D eigenvalue weighted by Gasteiger charge is -2.14. The van der Waals surface area contributed by atoms with Crippen molar-refractivity contribution < 1.29 is 17.9 Å². The number of benzene rings is 2. The van der Waals surface area contributed by atoms with Gasteiger partial charge in [0.2, 0.25) is 0 Å². The molecule has 0 fully saturated rings. The van der Waals surface area contributed by atoms with Crippen molar-refractivity contribution in [3.05, 3.63) is 92.4 Å². The monoisotopic (exact) mass is 486 g/mol. The third kappa shape index (κ3) is 4.79. The Bertz CT molecular complexity index is 1450. The molecule has 0 spiro atoms. The highest BCUT2D eigenvalue weighted by Crippen LogP contribution is 2.29. The van der Waals surface area contributed by atoms with Crippen LogP contribution in [0.2, 0.25) is 0 Å². The van der Waals surface area contributed by atoms with Crippen LogP contribution < -0.4 is 11.2 Å². The number of imidazole rings is 1. The summed E-state index contributed by atoms with van der Waals surface area (Å²) < 4.78 is 47.8. The van der Waals surface area contributed by atoms with Gasteiger partial charge in [0, 0.05) is 13.7 Å². The fourth-order valence-electron chi connectivity index (χ4n) is 3.92. The lowest BCUT2D eigenvalue weighted by molar-refractivity contribution is -0.137. The number of alkyl halides is 3. The fraction of sp³-hybridized carbons (Fsp3) is 0.320. The average molecular weight is 486 g/mol. The number of aromatic nitrogens is 4. The highest BCUT2D eigenvalue weighted by molar-refractivity contribution is 5.72. The van der Waals surface area contributed by atoms with E-state index in [1.165, 1.54) is 30.1 Å². The van der Waals surface area contributed by atoms with E-state index in [0.29, 0.717) is 17.2 Å². The summed E-state index contributed by atoms with van der Waals surface area (Å²) in [6, 6.07) is 12.2. The molecule has 0 atom stereocenters. The standard InChI is InChI=1S/C25H25F3N4O3/c1-16(2)18-6-10-20(11-7-18)32-22-21(23(33)31(24(32)34)12-13-35-3)30(15-29-22)14-17-4-8-19(9-5-17)25(26,27)28/h4-11,15-16H,12-14H2,1-3H3. The first-order valence-corrected chi connectivity index (χ1v) is 11.1. The van der Waals surface area contributed by atoms with Crippen molar-refractivity contribution in [3.8, 4) is 5.69 Å². The van der Waals surface area contributed by atoms with Crippen molar-refractivity contribution in [1.29, 1.82) is 0 Å². The van der Waals surface area contributed by atoms with Crippen LogP contribution in [0.1, 0.15) is 36.5 Å². The molecule has 0 aliphatic heterocycles. The van der Waals surface area contributed by atoms with Crippen LogP contribution in [0.3, 0.4) is 0 Å². The van der Waals surface area contributed by atoms with Crippen LogP contribution in [0.15, 0.2) is 64.4 Å². The lowest BCUT2D eigenvalue weighted by atomic mass is 10.0. The Morgan fingerprint density at radius 2 is 1.66 bits per heavy atom. The molecule has 4 aromatic rings. The molecule has 0 saturated heterocycles. The Morgan fingerprint density at radius 1 is 1.00 bits per heavy atom. The van der Waals surface area contributed by atoms with Gasteiger partial charge in [-0.2, -0.15) is 13.2 Å². The molecule has 0 aliphatic rings. The summed E-state index contributed by atoms with van der Waals surface area (Å²) in [6.07, 6.45) is -3.01. The molecule has 2 heterocycles. The van der Waals surface area contributed by atoms with E-state index in [2.05, 4.69) is 18.8 Å². The van der Waals surface area contributed by atoms with Gasteiger partial charge in [-0.15, -0.1) is 0 Å².